The number of anilines is 1. The zero-order valence-corrected chi connectivity index (χ0v) is 12.8. The Kier molecular flexibility index (Phi) is 3.14. The van der Waals surface area contributed by atoms with Gasteiger partial charge >= 0.3 is 0 Å². The number of aromatic nitrogens is 2. The molecule has 20 heavy (non-hydrogen) atoms. The van der Waals surface area contributed by atoms with Crippen LogP contribution in [0.3, 0.4) is 0 Å². The molecular weight excluding hydrogens is 318 g/mol. The molecule has 0 spiro atoms. The van der Waals surface area contributed by atoms with Crippen LogP contribution >= 0.6 is 15.9 Å². The summed E-state index contributed by atoms with van der Waals surface area (Å²) in [5, 5.41) is 7.17. The number of hydrogen-bond donors (Lipinski definition) is 2. The molecule has 0 saturated carbocycles. The normalized spacial score (nSPS) is 10.9. The number of H-pyrrole nitrogens is 1. The van der Waals surface area contributed by atoms with Gasteiger partial charge in [0.05, 0.1) is 11.3 Å². The summed E-state index contributed by atoms with van der Waals surface area (Å²) in [6.07, 6.45) is 0. The molecule has 0 atom stereocenters. The van der Waals surface area contributed by atoms with Crippen LogP contribution < -0.4 is 5.73 Å². The van der Waals surface area contributed by atoms with Crippen molar-refractivity contribution in [2.24, 2.45) is 0 Å². The Balaban J connectivity index is 2.26. The molecule has 0 amide bonds. The number of nitrogens with zero attached hydrogens (tertiary/aromatic N) is 1. The highest BCUT2D eigenvalue weighted by atomic mass is 79.9. The highest BCUT2D eigenvalue weighted by Crippen LogP contribution is 2.39. The summed E-state index contributed by atoms with van der Waals surface area (Å²) in [4.78, 5) is 0. The molecule has 0 aliphatic carbocycles. The quantitative estimate of drug-likeness (QED) is 0.735. The summed E-state index contributed by atoms with van der Waals surface area (Å²) in [6.45, 7) is 3.86. The van der Waals surface area contributed by atoms with Crippen molar-refractivity contribution in [1.82, 2.24) is 10.2 Å². The predicted molar refractivity (Wildman–Crippen MR) is 83.3 cm³/mol. The van der Waals surface area contributed by atoms with E-state index in [0.717, 1.165) is 38.4 Å². The van der Waals surface area contributed by atoms with E-state index in [-0.39, 0.29) is 0 Å². The van der Waals surface area contributed by atoms with E-state index in [1.807, 2.05) is 44.2 Å². The summed E-state index contributed by atoms with van der Waals surface area (Å²) in [5.41, 5.74) is 9.80. The van der Waals surface area contributed by atoms with Gasteiger partial charge in [-0.1, -0.05) is 34.1 Å². The number of aryl methyl sites for hydroxylation is 2. The van der Waals surface area contributed by atoms with Gasteiger partial charge in [0.25, 0.3) is 0 Å². The predicted octanol–water partition coefficient (Wildman–Crippen LogP) is 4.30. The molecule has 0 fully saturated rings. The van der Waals surface area contributed by atoms with Crippen LogP contribution in [-0.4, -0.2) is 10.2 Å². The van der Waals surface area contributed by atoms with Crippen molar-refractivity contribution in [3.8, 4) is 22.4 Å². The van der Waals surface area contributed by atoms with Crippen molar-refractivity contribution >= 4 is 21.7 Å². The lowest BCUT2D eigenvalue weighted by molar-refractivity contribution is 0.505. The summed E-state index contributed by atoms with van der Waals surface area (Å²) in [6, 6.07) is 9.93. The van der Waals surface area contributed by atoms with E-state index in [0.29, 0.717) is 5.82 Å². The SMILES string of the molecule is Cc1cc(-c2[nH]nc(N)c2-c2ccccc2Br)c(C)o1. The van der Waals surface area contributed by atoms with Gasteiger partial charge in [0, 0.05) is 15.6 Å². The van der Waals surface area contributed by atoms with Gasteiger partial charge in [-0.25, -0.2) is 0 Å². The maximum atomic E-state index is 6.04. The van der Waals surface area contributed by atoms with Gasteiger partial charge in [0.15, 0.2) is 5.82 Å². The Morgan fingerprint density at radius 2 is 1.95 bits per heavy atom. The maximum Gasteiger partial charge on any atom is 0.153 e. The Labute approximate surface area is 125 Å². The Morgan fingerprint density at radius 1 is 1.20 bits per heavy atom. The highest BCUT2D eigenvalue weighted by molar-refractivity contribution is 9.10. The van der Waals surface area contributed by atoms with Crippen LogP contribution in [0.5, 0.6) is 0 Å². The number of benzene rings is 1. The molecular formula is C15H14BrN3O. The summed E-state index contributed by atoms with van der Waals surface area (Å²) in [5.74, 6) is 2.19. The van der Waals surface area contributed by atoms with Crippen LogP contribution in [-0.2, 0) is 0 Å². The van der Waals surface area contributed by atoms with Crippen molar-refractivity contribution in [2.45, 2.75) is 13.8 Å². The molecule has 3 aromatic rings. The Morgan fingerprint density at radius 3 is 2.60 bits per heavy atom. The molecule has 2 aromatic heterocycles. The van der Waals surface area contributed by atoms with Gasteiger partial charge in [0.1, 0.15) is 11.5 Å². The van der Waals surface area contributed by atoms with Gasteiger partial charge in [-0.05, 0) is 26.0 Å². The second-order valence-electron chi connectivity index (χ2n) is 4.67. The maximum absolute atomic E-state index is 6.04. The molecule has 0 aliphatic rings. The summed E-state index contributed by atoms with van der Waals surface area (Å²) >= 11 is 3.56. The first-order valence-electron chi connectivity index (χ1n) is 6.24. The zero-order chi connectivity index (χ0) is 14.3. The number of furan rings is 1. The Bertz CT molecular complexity index is 773. The number of nitrogens with two attached hydrogens (primary N) is 1. The minimum absolute atomic E-state index is 0.477. The molecule has 3 N–H and O–H groups in total. The van der Waals surface area contributed by atoms with Crippen molar-refractivity contribution in [3.05, 3.63) is 46.3 Å². The lowest BCUT2D eigenvalue weighted by Gasteiger charge is -2.06. The lowest BCUT2D eigenvalue weighted by Crippen LogP contribution is -1.89. The number of nitrogen functional groups attached to an aromatic ring is 1. The topological polar surface area (TPSA) is 67.8 Å². The third kappa shape index (κ3) is 2.04. The molecule has 0 saturated heterocycles. The van der Waals surface area contributed by atoms with Gasteiger partial charge in [-0.2, -0.15) is 5.10 Å². The van der Waals surface area contributed by atoms with Gasteiger partial charge in [-0.15, -0.1) is 0 Å². The van der Waals surface area contributed by atoms with Crippen LogP contribution in [0.2, 0.25) is 0 Å². The monoisotopic (exact) mass is 331 g/mol. The van der Waals surface area contributed by atoms with Gasteiger partial charge < -0.3 is 10.2 Å². The van der Waals surface area contributed by atoms with Crippen molar-refractivity contribution in [1.29, 1.82) is 0 Å². The Hall–Kier alpha value is -2.01. The fraction of sp³-hybridized carbons (Fsp3) is 0.133. The molecule has 0 radical (unpaired) electrons. The third-order valence-electron chi connectivity index (χ3n) is 3.25. The molecule has 5 heteroatoms. The van der Waals surface area contributed by atoms with Crippen LogP contribution in [0.15, 0.2) is 39.2 Å². The average Bonchev–Trinajstić information content (AvgIpc) is 2.93. The smallest absolute Gasteiger partial charge is 0.153 e. The van der Waals surface area contributed by atoms with E-state index in [1.165, 1.54) is 0 Å². The van der Waals surface area contributed by atoms with Crippen LogP contribution in [0.1, 0.15) is 11.5 Å². The molecule has 2 heterocycles. The molecule has 102 valence electrons. The number of aromatic amines is 1. The van der Waals surface area contributed by atoms with Crippen molar-refractivity contribution < 1.29 is 4.42 Å². The van der Waals surface area contributed by atoms with Gasteiger partial charge in [0.2, 0.25) is 0 Å². The summed E-state index contributed by atoms with van der Waals surface area (Å²) < 4.78 is 6.58. The number of halogens is 1. The fourth-order valence-corrected chi connectivity index (χ4v) is 2.85. The standard InChI is InChI=1S/C15H14BrN3O/c1-8-7-11(9(2)20-8)14-13(15(17)19-18-14)10-5-3-4-6-12(10)16/h3-7H,1-2H3,(H3,17,18,19). The second kappa shape index (κ2) is 4.83. The lowest BCUT2D eigenvalue weighted by atomic mass is 10.0. The van der Waals surface area contributed by atoms with Crippen LogP contribution in [0, 0.1) is 13.8 Å². The number of hydrogen-bond acceptors (Lipinski definition) is 3. The minimum Gasteiger partial charge on any atom is -0.466 e. The van der Waals surface area contributed by atoms with E-state index < -0.39 is 0 Å². The van der Waals surface area contributed by atoms with E-state index in [9.17, 15) is 0 Å². The average molecular weight is 332 g/mol. The molecule has 3 rings (SSSR count). The first-order chi connectivity index (χ1) is 9.58. The highest BCUT2D eigenvalue weighted by Gasteiger charge is 2.19. The van der Waals surface area contributed by atoms with E-state index >= 15 is 0 Å². The molecule has 1 aromatic carbocycles. The molecule has 0 unspecified atom stereocenters. The van der Waals surface area contributed by atoms with E-state index in [1.54, 1.807) is 0 Å². The third-order valence-corrected chi connectivity index (χ3v) is 3.94. The molecule has 4 nitrogen and oxygen atoms in total. The number of rotatable bonds is 2. The van der Waals surface area contributed by atoms with E-state index in [2.05, 4.69) is 26.1 Å². The van der Waals surface area contributed by atoms with Crippen molar-refractivity contribution in [3.63, 3.8) is 0 Å². The van der Waals surface area contributed by atoms with Gasteiger partial charge in [-0.3, -0.25) is 5.10 Å². The molecule has 0 bridgehead atoms. The fourth-order valence-electron chi connectivity index (χ4n) is 2.37. The molecule has 0 aliphatic heterocycles. The minimum atomic E-state index is 0.477. The van der Waals surface area contributed by atoms with Crippen LogP contribution in [0.25, 0.3) is 22.4 Å². The number of nitrogens with one attached hydrogen (secondary N) is 1. The summed E-state index contributed by atoms with van der Waals surface area (Å²) in [7, 11) is 0. The second-order valence-corrected chi connectivity index (χ2v) is 5.52. The first-order valence-corrected chi connectivity index (χ1v) is 7.03. The largest absolute Gasteiger partial charge is 0.466 e. The van der Waals surface area contributed by atoms with Crippen molar-refractivity contribution in [2.75, 3.05) is 5.73 Å². The zero-order valence-electron chi connectivity index (χ0n) is 11.2. The van der Waals surface area contributed by atoms with E-state index in [4.69, 9.17) is 10.2 Å². The first kappa shape index (κ1) is 13.0. The van der Waals surface area contributed by atoms with Crippen LogP contribution in [0.4, 0.5) is 5.82 Å².